The van der Waals surface area contributed by atoms with Gasteiger partial charge < -0.3 is 16.4 Å². The lowest BCUT2D eigenvalue weighted by Gasteiger charge is -2.11. The van der Waals surface area contributed by atoms with Gasteiger partial charge in [-0.3, -0.25) is 0 Å². The summed E-state index contributed by atoms with van der Waals surface area (Å²) in [7, 11) is 0. The van der Waals surface area contributed by atoms with E-state index in [9.17, 15) is 0 Å². The fraction of sp³-hybridized carbons (Fsp3) is 0.421. The number of hydrogen-bond acceptors (Lipinski definition) is 6. The Morgan fingerprint density at radius 3 is 2.88 bits per heavy atom. The Hall–Kier alpha value is -2.83. The summed E-state index contributed by atoms with van der Waals surface area (Å²) in [4.78, 5) is 9.37. The van der Waals surface area contributed by atoms with Crippen LogP contribution in [0.15, 0.2) is 30.5 Å². The zero-order valence-corrected chi connectivity index (χ0v) is 15.1. The van der Waals surface area contributed by atoms with Crippen molar-refractivity contribution < 1.29 is 0 Å². The van der Waals surface area contributed by atoms with Gasteiger partial charge in [0.1, 0.15) is 0 Å². The molecule has 0 spiro atoms. The molecule has 2 aromatic heterocycles. The number of benzene rings is 1. The van der Waals surface area contributed by atoms with Crippen LogP contribution in [0.3, 0.4) is 0 Å². The van der Waals surface area contributed by atoms with Crippen LogP contribution < -0.4 is 16.4 Å². The fourth-order valence-corrected chi connectivity index (χ4v) is 2.97. The maximum absolute atomic E-state index is 5.88. The third-order valence-corrected chi connectivity index (χ3v) is 4.54. The van der Waals surface area contributed by atoms with Crippen LogP contribution in [0.25, 0.3) is 5.65 Å². The lowest BCUT2D eigenvalue weighted by Crippen LogP contribution is -2.12. The standard InChI is InChI=1S/C19H25N7/c1-2-3-4-6-13-12-21-26-17(13)24-18(25-19(26)23-15-9-10-15)22-16-8-5-7-14(20)11-16/h5,7-8,11-12,15H,2-4,6,9-10,20H2,1H3,(H2,22,23,24,25). The fourth-order valence-electron chi connectivity index (χ4n) is 2.97. The molecule has 0 aliphatic heterocycles. The molecule has 7 nitrogen and oxygen atoms in total. The van der Waals surface area contributed by atoms with E-state index in [1.54, 1.807) is 0 Å². The average molecular weight is 351 g/mol. The number of nitrogens with one attached hydrogen (secondary N) is 2. The maximum atomic E-state index is 5.88. The second-order valence-electron chi connectivity index (χ2n) is 6.90. The summed E-state index contributed by atoms with van der Waals surface area (Å²) >= 11 is 0. The molecule has 1 saturated carbocycles. The van der Waals surface area contributed by atoms with Gasteiger partial charge in [0, 0.05) is 23.0 Å². The van der Waals surface area contributed by atoms with Crippen molar-refractivity contribution in [2.24, 2.45) is 0 Å². The van der Waals surface area contributed by atoms with Crippen LogP contribution in [0.5, 0.6) is 0 Å². The summed E-state index contributed by atoms with van der Waals surface area (Å²) in [6.45, 7) is 2.21. The molecule has 0 amide bonds. The van der Waals surface area contributed by atoms with Gasteiger partial charge in [0.25, 0.3) is 0 Å². The second kappa shape index (κ2) is 7.19. The summed E-state index contributed by atoms with van der Waals surface area (Å²) in [5, 5.41) is 11.3. The number of nitrogens with two attached hydrogens (primary N) is 1. The molecule has 1 aliphatic rings. The summed E-state index contributed by atoms with van der Waals surface area (Å²) < 4.78 is 1.82. The van der Waals surface area contributed by atoms with Crippen molar-refractivity contribution in [3.63, 3.8) is 0 Å². The third kappa shape index (κ3) is 3.71. The molecule has 3 aromatic rings. The van der Waals surface area contributed by atoms with Crippen molar-refractivity contribution in [3.05, 3.63) is 36.0 Å². The van der Waals surface area contributed by atoms with Crippen LogP contribution in [0.2, 0.25) is 0 Å². The highest BCUT2D eigenvalue weighted by atomic mass is 15.4. The van der Waals surface area contributed by atoms with Gasteiger partial charge in [-0.1, -0.05) is 25.8 Å². The molecule has 136 valence electrons. The van der Waals surface area contributed by atoms with Gasteiger partial charge in [-0.05, 0) is 43.9 Å². The van der Waals surface area contributed by atoms with E-state index in [1.165, 1.54) is 25.7 Å². The molecular formula is C19H25N7. The number of fused-ring (bicyclic) bond motifs is 1. The van der Waals surface area contributed by atoms with E-state index in [4.69, 9.17) is 10.7 Å². The predicted octanol–water partition coefficient (Wildman–Crippen LogP) is 3.76. The Kier molecular flexibility index (Phi) is 4.60. The molecule has 1 fully saturated rings. The van der Waals surface area contributed by atoms with Crippen molar-refractivity contribution in [2.75, 3.05) is 16.4 Å². The number of unbranched alkanes of at least 4 members (excludes halogenated alkanes) is 2. The molecule has 0 bridgehead atoms. The molecule has 0 radical (unpaired) electrons. The van der Waals surface area contributed by atoms with Gasteiger partial charge in [0.2, 0.25) is 11.9 Å². The monoisotopic (exact) mass is 351 g/mol. The number of anilines is 4. The molecule has 2 heterocycles. The van der Waals surface area contributed by atoms with Crippen molar-refractivity contribution in [2.45, 2.75) is 51.5 Å². The Morgan fingerprint density at radius 1 is 1.23 bits per heavy atom. The Labute approximate surface area is 153 Å². The SMILES string of the molecule is CCCCCc1cnn2c(NC3CC3)nc(Nc3cccc(N)c3)nc12. The van der Waals surface area contributed by atoms with Gasteiger partial charge in [0.05, 0.1) is 6.20 Å². The molecule has 7 heteroatoms. The van der Waals surface area contributed by atoms with Gasteiger partial charge in [-0.2, -0.15) is 19.6 Å². The summed E-state index contributed by atoms with van der Waals surface area (Å²) in [5.74, 6) is 1.30. The van der Waals surface area contributed by atoms with Crippen molar-refractivity contribution >= 4 is 28.9 Å². The van der Waals surface area contributed by atoms with Crippen LogP contribution in [0.4, 0.5) is 23.3 Å². The maximum Gasteiger partial charge on any atom is 0.232 e. The summed E-state index contributed by atoms with van der Waals surface area (Å²) in [6, 6.07) is 8.09. The highest BCUT2D eigenvalue weighted by Gasteiger charge is 2.24. The van der Waals surface area contributed by atoms with E-state index in [-0.39, 0.29) is 0 Å². The molecule has 0 saturated heterocycles. The molecule has 4 N–H and O–H groups in total. The quantitative estimate of drug-likeness (QED) is 0.423. The minimum atomic E-state index is 0.487. The predicted molar refractivity (Wildman–Crippen MR) is 105 cm³/mol. The Bertz CT molecular complexity index is 898. The minimum Gasteiger partial charge on any atom is -0.399 e. The number of nitrogens with zero attached hydrogens (tertiary/aromatic N) is 4. The average Bonchev–Trinajstić information content (AvgIpc) is 3.34. The molecule has 1 aliphatic carbocycles. The molecule has 0 atom stereocenters. The van der Waals surface area contributed by atoms with E-state index in [0.717, 1.165) is 35.7 Å². The molecule has 4 rings (SSSR count). The normalized spacial score (nSPS) is 13.9. The van der Waals surface area contributed by atoms with Gasteiger partial charge in [0.15, 0.2) is 5.65 Å². The largest absolute Gasteiger partial charge is 0.399 e. The Morgan fingerprint density at radius 2 is 2.12 bits per heavy atom. The first-order valence-corrected chi connectivity index (χ1v) is 9.36. The summed E-state index contributed by atoms with van der Waals surface area (Å²) in [5.41, 5.74) is 9.48. The van der Waals surface area contributed by atoms with Crippen LogP contribution in [0, 0.1) is 0 Å². The first-order chi connectivity index (χ1) is 12.7. The first-order valence-electron chi connectivity index (χ1n) is 9.36. The van der Waals surface area contributed by atoms with Gasteiger partial charge >= 0.3 is 0 Å². The van der Waals surface area contributed by atoms with Crippen molar-refractivity contribution in [1.29, 1.82) is 0 Å². The molecular weight excluding hydrogens is 326 g/mol. The van der Waals surface area contributed by atoms with E-state index in [2.05, 4.69) is 27.6 Å². The minimum absolute atomic E-state index is 0.487. The van der Waals surface area contributed by atoms with E-state index < -0.39 is 0 Å². The third-order valence-electron chi connectivity index (χ3n) is 4.54. The molecule has 0 unspecified atom stereocenters. The van der Waals surface area contributed by atoms with E-state index >= 15 is 0 Å². The number of hydrogen-bond donors (Lipinski definition) is 3. The number of aryl methyl sites for hydroxylation is 1. The lowest BCUT2D eigenvalue weighted by atomic mass is 10.1. The van der Waals surface area contributed by atoms with Crippen LogP contribution >= 0.6 is 0 Å². The second-order valence-corrected chi connectivity index (χ2v) is 6.90. The summed E-state index contributed by atoms with van der Waals surface area (Å²) in [6.07, 6.45) is 8.80. The lowest BCUT2D eigenvalue weighted by molar-refractivity contribution is 0.719. The number of aromatic nitrogens is 4. The zero-order chi connectivity index (χ0) is 17.9. The smallest absolute Gasteiger partial charge is 0.232 e. The molecule has 26 heavy (non-hydrogen) atoms. The number of nitrogen functional groups attached to an aromatic ring is 1. The van der Waals surface area contributed by atoms with E-state index in [1.807, 2.05) is 35.0 Å². The topological polar surface area (TPSA) is 93.2 Å². The Balaban J connectivity index is 1.68. The van der Waals surface area contributed by atoms with Gasteiger partial charge in [-0.15, -0.1) is 0 Å². The highest BCUT2D eigenvalue weighted by Crippen LogP contribution is 2.26. The van der Waals surface area contributed by atoms with Gasteiger partial charge in [-0.25, -0.2) is 0 Å². The number of rotatable bonds is 8. The first kappa shape index (κ1) is 16.6. The van der Waals surface area contributed by atoms with Crippen LogP contribution in [-0.2, 0) is 6.42 Å². The highest BCUT2D eigenvalue weighted by molar-refractivity contribution is 5.63. The molecule has 1 aromatic carbocycles. The van der Waals surface area contributed by atoms with Crippen molar-refractivity contribution in [3.8, 4) is 0 Å². The van der Waals surface area contributed by atoms with Crippen LogP contribution in [-0.4, -0.2) is 25.6 Å². The van der Waals surface area contributed by atoms with Crippen LogP contribution in [0.1, 0.15) is 44.6 Å². The van der Waals surface area contributed by atoms with E-state index in [0.29, 0.717) is 17.7 Å². The zero-order valence-electron chi connectivity index (χ0n) is 15.1. The van der Waals surface area contributed by atoms with Crippen molar-refractivity contribution in [1.82, 2.24) is 19.6 Å².